The molecule has 1 aromatic carbocycles. The molecule has 3 rings (SSSR count). The molecule has 0 aliphatic rings. The molecule has 96 valence electrons. The van der Waals surface area contributed by atoms with Gasteiger partial charge in [0.2, 0.25) is 0 Å². The summed E-state index contributed by atoms with van der Waals surface area (Å²) in [5.41, 5.74) is 0.593. The second-order valence-electron chi connectivity index (χ2n) is 3.98. The molecule has 2 aromatic heterocycles. The molecule has 0 fully saturated rings. The fourth-order valence-electron chi connectivity index (χ4n) is 1.93. The highest BCUT2D eigenvalue weighted by atomic mass is 127. The normalized spacial score (nSPS) is 11.8. The van der Waals surface area contributed by atoms with E-state index in [0.29, 0.717) is 9.22 Å². The van der Waals surface area contributed by atoms with Gasteiger partial charge in [0.15, 0.2) is 0 Å². The van der Waals surface area contributed by atoms with Crippen molar-refractivity contribution < 1.29 is 8.42 Å². The van der Waals surface area contributed by atoms with Crippen LogP contribution in [0.1, 0.15) is 0 Å². The number of nitrogens with zero attached hydrogens (tertiary/aromatic N) is 2. The number of pyridine rings is 1. The number of rotatable bonds is 2. The lowest BCUT2D eigenvalue weighted by Crippen LogP contribution is -2.14. The van der Waals surface area contributed by atoms with Gasteiger partial charge in [0.25, 0.3) is 10.0 Å². The van der Waals surface area contributed by atoms with E-state index in [9.17, 15) is 8.42 Å². The van der Waals surface area contributed by atoms with Crippen LogP contribution in [-0.4, -0.2) is 17.4 Å². The lowest BCUT2D eigenvalue weighted by Gasteiger charge is -2.08. The highest BCUT2D eigenvalue weighted by Gasteiger charge is 2.21. The molecule has 2 heterocycles. The second-order valence-corrected chi connectivity index (χ2v) is 6.88. The Labute approximate surface area is 124 Å². The van der Waals surface area contributed by atoms with E-state index in [-0.39, 0.29) is 4.90 Å². The molecule has 0 spiro atoms. The van der Waals surface area contributed by atoms with Gasteiger partial charge in [-0.1, -0.05) is 18.2 Å². The third-order valence-corrected chi connectivity index (χ3v) is 5.66. The van der Waals surface area contributed by atoms with Crippen molar-refractivity contribution in [2.45, 2.75) is 4.90 Å². The SMILES string of the molecule is O=S(=O)(c1ccccc1)n1c(I)cc2ccncc21. The third kappa shape index (κ3) is 2.04. The zero-order valence-electron chi connectivity index (χ0n) is 9.69. The third-order valence-electron chi connectivity index (χ3n) is 2.80. The van der Waals surface area contributed by atoms with E-state index in [1.165, 1.54) is 3.97 Å². The van der Waals surface area contributed by atoms with Gasteiger partial charge in [0.1, 0.15) is 0 Å². The summed E-state index contributed by atoms with van der Waals surface area (Å²) in [6.07, 6.45) is 3.22. The van der Waals surface area contributed by atoms with E-state index < -0.39 is 10.0 Å². The molecule has 0 bridgehead atoms. The largest absolute Gasteiger partial charge is 0.269 e. The molecule has 6 heteroatoms. The van der Waals surface area contributed by atoms with Crippen molar-refractivity contribution in [3.05, 3.63) is 58.6 Å². The van der Waals surface area contributed by atoms with Gasteiger partial charge in [-0.25, -0.2) is 12.4 Å². The lowest BCUT2D eigenvalue weighted by atomic mass is 10.3. The number of benzene rings is 1. The molecule has 0 N–H and O–H groups in total. The molecule has 0 saturated heterocycles. The van der Waals surface area contributed by atoms with Crippen molar-refractivity contribution >= 4 is 43.5 Å². The van der Waals surface area contributed by atoms with Crippen LogP contribution in [0.2, 0.25) is 0 Å². The first-order valence-electron chi connectivity index (χ1n) is 5.52. The standard InChI is InChI=1S/C13H9IN2O2S/c14-13-8-10-6-7-15-9-12(10)16(13)19(17,18)11-4-2-1-3-5-11/h1-9H. The summed E-state index contributed by atoms with van der Waals surface area (Å²) < 4.78 is 27.3. The average molecular weight is 384 g/mol. The highest BCUT2D eigenvalue weighted by Crippen LogP contribution is 2.25. The Morgan fingerprint density at radius 3 is 2.58 bits per heavy atom. The number of hydrogen-bond acceptors (Lipinski definition) is 3. The maximum Gasteiger partial charge on any atom is 0.269 e. The van der Waals surface area contributed by atoms with Crippen LogP contribution in [0.4, 0.5) is 0 Å². The molecular formula is C13H9IN2O2S. The smallest absolute Gasteiger partial charge is 0.262 e. The van der Waals surface area contributed by atoms with Crippen LogP contribution >= 0.6 is 22.6 Å². The Morgan fingerprint density at radius 1 is 1.11 bits per heavy atom. The maximum atomic E-state index is 12.7. The molecular weight excluding hydrogens is 375 g/mol. The van der Waals surface area contributed by atoms with E-state index in [0.717, 1.165) is 5.39 Å². The Morgan fingerprint density at radius 2 is 1.84 bits per heavy atom. The van der Waals surface area contributed by atoms with E-state index in [1.54, 1.807) is 48.8 Å². The van der Waals surface area contributed by atoms with Crippen molar-refractivity contribution in [2.24, 2.45) is 0 Å². The van der Waals surface area contributed by atoms with Crippen LogP contribution in [-0.2, 0) is 10.0 Å². The Bertz CT molecular complexity index is 841. The minimum atomic E-state index is -3.58. The summed E-state index contributed by atoms with van der Waals surface area (Å²) in [5, 5.41) is 0.860. The van der Waals surface area contributed by atoms with E-state index in [1.807, 2.05) is 28.7 Å². The van der Waals surface area contributed by atoms with Gasteiger partial charge in [-0.05, 0) is 46.9 Å². The first-order valence-corrected chi connectivity index (χ1v) is 8.04. The molecule has 3 aromatic rings. The summed E-state index contributed by atoms with van der Waals surface area (Å²) >= 11 is 2.02. The molecule has 4 nitrogen and oxygen atoms in total. The molecule has 0 radical (unpaired) electrons. The van der Waals surface area contributed by atoms with E-state index >= 15 is 0 Å². The van der Waals surface area contributed by atoms with Crippen molar-refractivity contribution in [3.8, 4) is 0 Å². The summed E-state index contributed by atoms with van der Waals surface area (Å²) in [6, 6.07) is 12.0. The van der Waals surface area contributed by atoms with Crippen molar-refractivity contribution in [2.75, 3.05) is 0 Å². The summed E-state index contributed by atoms with van der Waals surface area (Å²) in [5.74, 6) is 0. The fourth-order valence-corrected chi connectivity index (χ4v) is 4.71. The summed E-state index contributed by atoms with van der Waals surface area (Å²) in [7, 11) is -3.58. The molecule has 0 atom stereocenters. The summed E-state index contributed by atoms with van der Waals surface area (Å²) in [4.78, 5) is 4.28. The Kier molecular flexibility index (Phi) is 3.06. The van der Waals surface area contributed by atoms with Gasteiger partial charge >= 0.3 is 0 Å². The highest BCUT2D eigenvalue weighted by molar-refractivity contribution is 14.1. The van der Waals surface area contributed by atoms with Crippen LogP contribution in [0.3, 0.4) is 0 Å². The number of aromatic nitrogens is 2. The van der Waals surface area contributed by atoms with Crippen LogP contribution in [0.5, 0.6) is 0 Å². The second kappa shape index (κ2) is 4.61. The van der Waals surface area contributed by atoms with Gasteiger partial charge in [-0.2, -0.15) is 0 Å². The number of hydrogen-bond donors (Lipinski definition) is 0. The zero-order chi connectivity index (χ0) is 13.5. The molecule has 0 saturated carbocycles. The maximum absolute atomic E-state index is 12.7. The average Bonchev–Trinajstić information content (AvgIpc) is 2.76. The molecule has 0 unspecified atom stereocenters. The van der Waals surface area contributed by atoms with Crippen molar-refractivity contribution in [3.63, 3.8) is 0 Å². The fraction of sp³-hybridized carbons (Fsp3) is 0. The monoisotopic (exact) mass is 384 g/mol. The zero-order valence-corrected chi connectivity index (χ0v) is 12.7. The first kappa shape index (κ1) is 12.6. The molecule has 19 heavy (non-hydrogen) atoms. The molecule has 0 aliphatic heterocycles. The predicted octanol–water partition coefficient (Wildman–Crippen LogP) is 2.88. The molecule has 0 amide bonds. The van der Waals surface area contributed by atoms with Crippen LogP contribution in [0, 0.1) is 3.70 Å². The predicted molar refractivity (Wildman–Crippen MR) is 81.5 cm³/mol. The van der Waals surface area contributed by atoms with E-state index in [4.69, 9.17) is 0 Å². The minimum Gasteiger partial charge on any atom is -0.262 e. The van der Waals surface area contributed by atoms with Crippen LogP contribution in [0.25, 0.3) is 10.9 Å². The van der Waals surface area contributed by atoms with Crippen molar-refractivity contribution in [1.29, 1.82) is 0 Å². The minimum absolute atomic E-state index is 0.272. The van der Waals surface area contributed by atoms with Gasteiger partial charge in [-0.3, -0.25) is 4.98 Å². The lowest BCUT2D eigenvalue weighted by molar-refractivity contribution is 0.588. The quantitative estimate of drug-likeness (QED) is 0.639. The van der Waals surface area contributed by atoms with Crippen LogP contribution < -0.4 is 0 Å². The first-order chi connectivity index (χ1) is 9.10. The summed E-state index contributed by atoms with van der Waals surface area (Å²) in [6.45, 7) is 0. The topological polar surface area (TPSA) is 52.0 Å². The van der Waals surface area contributed by atoms with Crippen LogP contribution in [0.15, 0.2) is 59.8 Å². The van der Waals surface area contributed by atoms with E-state index in [2.05, 4.69) is 4.98 Å². The number of halogens is 1. The van der Waals surface area contributed by atoms with Gasteiger partial charge < -0.3 is 0 Å². The van der Waals surface area contributed by atoms with Gasteiger partial charge in [0, 0.05) is 11.6 Å². The Balaban J connectivity index is 2.34. The number of fused-ring (bicyclic) bond motifs is 1. The Hall–Kier alpha value is -1.41. The van der Waals surface area contributed by atoms with Crippen molar-refractivity contribution in [1.82, 2.24) is 8.96 Å². The van der Waals surface area contributed by atoms with Gasteiger partial charge in [-0.15, -0.1) is 0 Å². The van der Waals surface area contributed by atoms with Gasteiger partial charge in [0.05, 0.1) is 20.3 Å². The molecule has 0 aliphatic carbocycles.